The summed E-state index contributed by atoms with van der Waals surface area (Å²) in [6.07, 6.45) is 0. The van der Waals surface area contributed by atoms with Gasteiger partial charge < -0.3 is 9.97 Å². The number of carbonyl (C=O) groups excluding carboxylic acids is 1. The van der Waals surface area contributed by atoms with Crippen molar-refractivity contribution in [2.45, 2.75) is 0 Å². The van der Waals surface area contributed by atoms with E-state index in [4.69, 9.17) is 11.6 Å². The van der Waals surface area contributed by atoms with Gasteiger partial charge in [-0.2, -0.15) is 0 Å². The van der Waals surface area contributed by atoms with Crippen molar-refractivity contribution in [3.05, 3.63) is 67.5 Å². The second-order valence-electron chi connectivity index (χ2n) is 4.29. The minimum absolute atomic E-state index is 0.141. The summed E-state index contributed by atoms with van der Waals surface area (Å²) in [5.74, 6) is -0.141. The highest BCUT2D eigenvalue weighted by atomic mass is 79.9. The number of carbonyl (C=O) groups is 1. The van der Waals surface area contributed by atoms with Gasteiger partial charge in [-0.3, -0.25) is 4.79 Å². The molecule has 0 aliphatic rings. The Morgan fingerprint density at radius 2 is 1.65 bits per heavy atom. The van der Waals surface area contributed by atoms with E-state index in [1.54, 1.807) is 36.4 Å². The molecule has 0 saturated heterocycles. The molecule has 0 radical (unpaired) electrons. The van der Waals surface area contributed by atoms with Crippen molar-refractivity contribution in [1.29, 1.82) is 0 Å². The number of benzene rings is 2. The van der Waals surface area contributed by atoms with Crippen LogP contribution in [0.1, 0.15) is 15.9 Å². The van der Waals surface area contributed by atoms with Crippen molar-refractivity contribution in [1.82, 2.24) is 9.97 Å². The van der Waals surface area contributed by atoms with Gasteiger partial charge >= 0.3 is 5.69 Å². The van der Waals surface area contributed by atoms with Crippen LogP contribution >= 0.6 is 27.5 Å². The molecule has 6 heteroatoms. The fourth-order valence-corrected chi connectivity index (χ4v) is 2.64. The zero-order valence-electron chi connectivity index (χ0n) is 10.0. The molecule has 20 heavy (non-hydrogen) atoms. The third kappa shape index (κ3) is 2.30. The van der Waals surface area contributed by atoms with Crippen molar-refractivity contribution in [3.63, 3.8) is 0 Å². The fraction of sp³-hybridized carbons (Fsp3) is 0. The van der Waals surface area contributed by atoms with Crippen LogP contribution < -0.4 is 5.69 Å². The third-order valence-corrected chi connectivity index (χ3v) is 3.86. The van der Waals surface area contributed by atoms with Gasteiger partial charge in [0, 0.05) is 20.6 Å². The second kappa shape index (κ2) is 4.92. The minimum Gasteiger partial charge on any atom is -0.306 e. The summed E-state index contributed by atoms with van der Waals surface area (Å²) >= 11 is 9.17. The van der Waals surface area contributed by atoms with E-state index in [0.717, 1.165) is 0 Å². The van der Waals surface area contributed by atoms with Crippen molar-refractivity contribution in [3.8, 4) is 0 Å². The molecule has 2 N–H and O–H groups in total. The van der Waals surface area contributed by atoms with E-state index in [1.807, 2.05) is 0 Å². The molecule has 0 fully saturated rings. The molecule has 3 aromatic rings. The van der Waals surface area contributed by atoms with Gasteiger partial charge in [0.05, 0.1) is 11.0 Å². The molecule has 100 valence electrons. The Morgan fingerprint density at radius 3 is 2.30 bits per heavy atom. The highest BCUT2D eigenvalue weighted by Gasteiger charge is 2.14. The summed E-state index contributed by atoms with van der Waals surface area (Å²) in [7, 11) is 0. The second-order valence-corrected chi connectivity index (χ2v) is 5.58. The highest BCUT2D eigenvalue weighted by Crippen LogP contribution is 2.24. The molecular formula is C14H8BrClN2O2. The molecule has 0 saturated carbocycles. The number of hydrogen-bond acceptors (Lipinski definition) is 2. The summed E-state index contributed by atoms with van der Waals surface area (Å²) in [5, 5.41) is 0.575. The Labute approximate surface area is 126 Å². The first-order valence-corrected chi connectivity index (χ1v) is 6.93. The lowest BCUT2D eigenvalue weighted by molar-refractivity contribution is 0.103. The van der Waals surface area contributed by atoms with Crippen LogP contribution in [-0.2, 0) is 0 Å². The number of nitrogens with one attached hydrogen (secondary N) is 2. The molecule has 3 rings (SSSR count). The Hall–Kier alpha value is -1.85. The number of H-pyrrole nitrogens is 2. The van der Waals surface area contributed by atoms with Crippen molar-refractivity contribution >= 4 is 44.3 Å². The molecule has 0 amide bonds. The van der Waals surface area contributed by atoms with Crippen LogP contribution in [-0.4, -0.2) is 15.8 Å². The van der Waals surface area contributed by atoms with Gasteiger partial charge in [-0.1, -0.05) is 11.6 Å². The summed E-state index contributed by atoms with van der Waals surface area (Å²) in [5.41, 5.74) is 1.95. The number of fused-ring (bicyclic) bond motifs is 1. The van der Waals surface area contributed by atoms with Gasteiger partial charge in [-0.25, -0.2) is 4.79 Å². The maximum atomic E-state index is 12.5. The number of aromatic nitrogens is 2. The van der Waals surface area contributed by atoms with E-state index in [1.165, 1.54) is 0 Å². The first-order chi connectivity index (χ1) is 9.54. The summed E-state index contributed by atoms with van der Waals surface area (Å²) in [6, 6.07) is 10.0. The number of hydrogen-bond donors (Lipinski definition) is 2. The van der Waals surface area contributed by atoms with Gasteiger partial charge in [0.15, 0.2) is 5.78 Å². The molecule has 0 aliphatic carbocycles. The monoisotopic (exact) mass is 350 g/mol. The zero-order chi connectivity index (χ0) is 14.3. The molecule has 0 unspecified atom stereocenters. The first kappa shape index (κ1) is 13.1. The predicted octanol–water partition coefficient (Wildman–Crippen LogP) is 3.50. The minimum atomic E-state index is -0.303. The van der Waals surface area contributed by atoms with Crippen molar-refractivity contribution in [2.75, 3.05) is 0 Å². The molecule has 2 aromatic carbocycles. The number of halogens is 2. The van der Waals surface area contributed by atoms with Gasteiger partial charge in [0.2, 0.25) is 0 Å². The highest BCUT2D eigenvalue weighted by molar-refractivity contribution is 9.10. The largest absolute Gasteiger partial charge is 0.323 e. The molecule has 0 bridgehead atoms. The molecule has 4 nitrogen and oxygen atoms in total. The van der Waals surface area contributed by atoms with Crippen molar-refractivity contribution < 1.29 is 4.79 Å². The van der Waals surface area contributed by atoms with E-state index >= 15 is 0 Å². The Kier molecular flexibility index (Phi) is 3.23. The van der Waals surface area contributed by atoms with Crippen LogP contribution in [0.15, 0.2) is 45.7 Å². The van der Waals surface area contributed by atoms with E-state index in [-0.39, 0.29) is 11.5 Å². The summed E-state index contributed by atoms with van der Waals surface area (Å²) in [4.78, 5) is 29.0. The van der Waals surface area contributed by atoms with E-state index in [2.05, 4.69) is 25.9 Å². The third-order valence-electron chi connectivity index (χ3n) is 2.95. The topological polar surface area (TPSA) is 65.7 Å². The van der Waals surface area contributed by atoms with Gasteiger partial charge in [-0.05, 0) is 52.3 Å². The Balaban J connectivity index is 2.13. The lowest BCUT2D eigenvalue weighted by Crippen LogP contribution is -2.02. The fourth-order valence-electron chi connectivity index (χ4n) is 1.99. The van der Waals surface area contributed by atoms with E-state index < -0.39 is 0 Å². The molecule has 0 atom stereocenters. The van der Waals surface area contributed by atoms with Crippen LogP contribution in [0.2, 0.25) is 5.02 Å². The number of rotatable bonds is 2. The lowest BCUT2D eigenvalue weighted by Gasteiger charge is -2.04. The number of imidazole rings is 1. The lowest BCUT2D eigenvalue weighted by atomic mass is 10.0. The molecule has 1 heterocycles. The van der Waals surface area contributed by atoms with Crippen LogP contribution in [0.4, 0.5) is 0 Å². The van der Waals surface area contributed by atoms with E-state index in [9.17, 15) is 9.59 Å². The molecule has 1 aromatic heterocycles. The Bertz CT molecular complexity index is 865. The van der Waals surface area contributed by atoms with Crippen LogP contribution in [0.25, 0.3) is 11.0 Å². The average molecular weight is 352 g/mol. The van der Waals surface area contributed by atoms with Gasteiger partial charge in [0.1, 0.15) is 0 Å². The predicted molar refractivity (Wildman–Crippen MR) is 81.5 cm³/mol. The Morgan fingerprint density at radius 1 is 1.05 bits per heavy atom. The van der Waals surface area contributed by atoms with Crippen molar-refractivity contribution in [2.24, 2.45) is 0 Å². The summed E-state index contributed by atoms with van der Waals surface area (Å²) in [6.45, 7) is 0. The van der Waals surface area contributed by atoms with Gasteiger partial charge in [-0.15, -0.1) is 0 Å². The SMILES string of the molecule is O=C(c1ccc(Cl)cc1)c1cc2[nH]c(=O)[nH]c2cc1Br. The average Bonchev–Trinajstić information content (AvgIpc) is 2.77. The molecular weight excluding hydrogens is 344 g/mol. The first-order valence-electron chi connectivity index (χ1n) is 5.76. The quantitative estimate of drug-likeness (QED) is 0.694. The zero-order valence-corrected chi connectivity index (χ0v) is 12.4. The summed E-state index contributed by atoms with van der Waals surface area (Å²) < 4.78 is 0.625. The maximum absolute atomic E-state index is 12.5. The molecule has 0 spiro atoms. The van der Waals surface area contributed by atoms with E-state index in [0.29, 0.717) is 31.7 Å². The normalized spacial score (nSPS) is 10.9. The number of aromatic amines is 2. The standard InChI is InChI=1S/C14H8BrClN2O2/c15-10-6-12-11(17-14(20)18-12)5-9(10)13(19)7-1-3-8(16)4-2-7/h1-6H,(H2,17,18,20). The maximum Gasteiger partial charge on any atom is 0.323 e. The van der Waals surface area contributed by atoms with Crippen LogP contribution in [0.5, 0.6) is 0 Å². The number of ketones is 1. The molecule has 0 aliphatic heterocycles. The van der Waals surface area contributed by atoms with Gasteiger partial charge in [0.25, 0.3) is 0 Å². The smallest absolute Gasteiger partial charge is 0.306 e. The van der Waals surface area contributed by atoms with Crippen LogP contribution in [0, 0.1) is 0 Å². The van der Waals surface area contributed by atoms with Crippen LogP contribution in [0.3, 0.4) is 0 Å².